The Morgan fingerprint density at radius 3 is 2.38 bits per heavy atom. The van der Waals surface area contributed by atoms with Gasteiger partial charge in [-0.25, -0.2) is 9.59 Å². The molecule has 212 valence electrons. The Labute approximate surface area is 232 Å². The van der Waals surface area contributed by atoms with Gasteiger partial charge in [0.15, 0.2) is 0 Å². The Kier molecular flexibility index (Phi) is 8.57. The van der Waals surface area contributed by atoms with Crippen LogP contribution in [0.2, 0.25) is 0 Å². The van der Waals surface area contributed by atoms with Crippen molar-refractivity contribution in [1.29, 1.82) is 0 Å². The third kappa shape index (κ3) is 5.44. The fourth-order valence-electron chi connectivity index (χ4n) is 7.43. The van der Waals surface area contributed by atoms with E-state index < -0.39 is 18.1 Å². The molecule has 2 saturated carbocycles. The van der Waals surface area contributed by atoms with Crippen LogP contribution in [0.3, 0.4) is 0 Å². The standard InChI is InChI=1S/C31H43N3O5/c1-3-12-26-29(36)33(24-16-8-5-9-17-24)31(38)32(26)21(2)28(35)34-25-18-11-10-15-23(25)19-27(34)30(37)39-20-22-13-6-4-7-14-22/h4,6-7,13-14,21,23-27H,3,5,8-12,15-20H2,1-2H3. The zero-order chi connectivity index (χ0) is 27.5. The lowest BCUT2D eigenvalue weighted by atomic mass is 9.84. The Balaban J connectivity index is 1.37. The number of likely N-dealkylation sites (tertiary alicyclic amines) is 1. The lowest BCUT2D eigenvalue weighted by Gasteiger charge is -2.37. The van der Waals surface area contributed by atoms with Gasteiger partial charge in [0, 0.05) is 12.1 Å². The maximum absolute atomic E-state index is 14.3. The zero-order valence-corrected chi connectivity index (χ0v) is 23.4. The molecule has 2 heterocycles. The fraction of sp³-hybridized carbons (Fsp3) is 0.677. The number of esters is 1. The quantitative estimate of drug-likeness (QED) is 0.342. The molecule has 0 N–H and O–H groups in total. The molecule has 0 radical (unpaired) electrons. The van der Waals surface area contributed by atoms with Crippen molar-refractivity contribution in [3.8, 4) is 0 Å². The molecule has 39 heavy (non-hydrogen) atoms. The molecule has 5 unspecified atom stereocenters. The van der Waals surface area contributed by atoms with Gasteiger partial charge in [0.25, 0.3) is 5.91 Å². The SMILES string of the molecule is CCCC1C(=O)N(C2CCCCC2)C(=O)N1C(C)C(=O)N1C(C(=O)OCc2ccccc2)CC2CCCCC21. The van der Waals surface area contributed by atoms with Crippen LogP contribution < -0.4 is 0 Å². The number of imide groups is 1. The smallest absolute Gasteiger partial charge is 0.329 e. The molecule has 0 aromatic heterocycles. The molecule has 2 aliphatic carbocycles. The van der Waals surface area contributed by atoms with Crippen LogP contribution in [0.1, 0.15) is 96.5 Å². The first-order valence-electron chi connectivity index (χ1n) is 15.1. The van der Waals surface area contributed by atoms with Crippen LogP contribution in [0.4, 0.5) is 4.79 Å². The number of benzene rings is 1. The number of amides is 4. The Bertz CT molecular complexity index is 1060. The number of rotatable bonds is 8. The van der Waals surface area contributed by atoms with E-state index >= 15 is 0 Å². The van der Waals surface area contributed by atoms with E-state index in [0.717, 1.165) is 69.8 Å². The molecule has 8 heteroatoms. The van der Waals surface area contributed by atoms with E-state index in [1.54, 1.807) is 11.8 Å². The highest BCUT2D eigenvalue weighted by Gasteiger charge is 2.54. The molecule has 4 fully saturated rings. The maximum atomic E-state index is 14.3. The van der Waals surface area contributed by atoms with Gasteiger partial charge in [-0.05, 0) is 56.9 Å². The number of nitrogens with zero attached hydrogens (tertiary/aromatic N) is 3. The predicted octanol–water partition coefficient (Wildman–Crippen LogP) is 5.04. The first-order valence-corrected chi connectivity index (χ1v) is 15.1. The van der Waals surface area contributed by atoms with Gasteiger partial charge in [0.2, 0.25) is 5.91 Å². The average molecular weight is 538 g/mol. The van der Waals surface area contributed by atoms with Crippen molar-refractivity contribution in [2.24, 2.45) is 5.92 Å². The molecule has 5 rings (SSSR count). The van der Waals surface area contributed by atoms with Gasteiger partial charge in [-0.15, -0.1) is 0 Å². The summed E-state index contributed by atoms with van der Waals surface area (Å²) in [5.41, 5.74) is 0.902. The summed E-state index contributed by atoms with van der Waals surface area (Å²) in [4.78, 5) is 59.7. The van der Waals surface area contributed by atoms with Gasteiger partial charge >= 0.3 is 12.0 Å². The summed E-state index contributed by atoms with van der Waals surface area (Å²) in [6.07, 6.45) is 10.6. The summed E-state index contributed by atoms with van der Waals surface area (Å²) in [6, 6.07) is 6.98. The van der Waals surface area contributed by atoms with Crippen LogP contribution in [0.5, 0.6) is 0 Å². The van der Waals surface area contributed by atoms with E-state index in [1.165, 1.54) is 9.80 Å². The van der Waals surface area contributed by atoms with Crippen molar-refractivity contribution in [3.05, 3.63) is 35.9 Å². The molecule has 1 aromatic carbocycles. The number of fused-ring (bicyclic) bond motifs is 1. The number of hydrogen-bond acceptors (Lipinski definition) is 5. The Morgan fingerprint density at radius 2 is 1.67 bits per heavy atom. The van der Waals surface area contributed by atoms with E-state index in [0.29, 0.717) is 12.8 Å². The number of carbonyl (C=O) groups is 4. The van der Waals surface area contributed by atoms with Gasteiger partial charge in [0.1, 0.15) is 24.7 Å². The normalized spacial score (nSPS) is 28.5. The van der Waals surface area contributed by atoms with Crippen molar-refractivity contribution in [2.45, 2.75) is 128 Å². The lowest BCUT2D eigenvalue weighted by Crippen LogP contribution is -2.56. The second-order valence-electron chi connectivity index (χ2n) is 11.9. The summed E-state index contributed by atoms with van der Waals surface area (Å²) in [5, 5.41) is 0. The topological polar surface area (TPSA) is 87.2 Å². The van der Waals surface area contributed by atoms with E-state index in [1.807, 2.05) is 37.3 Å². The highest BCUT2D eigenvalue weighted by molar-refractivity contribution is 6.06. The van der Waals surface area contributed by atoms with Gasteiger partial charge in [0.05, 0.1) is 0 Å². The van der Waals surface area contributed by atoms with Crippen LogP contribution in [-0.2, 0) is 25.7 Å². The molecule has 2 saturated heterocycles. The molecule has 4 aliphatic rings. The van der Waals surface area contributed by atoms with E-state index in [4.69, 9.17) is 4.74 Å². The number of urea groups is 1. The van der Waals surface area contributed by atoms with Crippen LogP contribution in [-0.4, -0.2) is 68.7 Å². The van der Waals surface area contributed by atoms with Gasteiger partial charge in [-0.3, -0.25) is 14.5 Å². The van der Waals surface area contributed by atoms with Crippen LogP contribution in [0.25, 0.3) is 0 Å². The Hall–Kier alpha value is -2.90. The summed E-state index contributed by atoms with van der Waals surface area (Å²) in [6.45, 7) is 3.90. The van der Waals surface area contributed by atoms with E-state index in [-0.39, 0.29) is 48.4 Å². The molecule has 0 spiro atoms. The van der Waals surface area contributed by atoms with Crippen LogP contribution in [0, 0.1) is 5.92 Å². The highest BCUT2D eigenvalue weighted by Crippen LogP contribution is 2.41. The molecule has 1 aromatic rings. The monoisotopic (exact) mass is 537 g/mol. The van der Waals surface area contributed by atoms with Gasteiger partial charge in [-0.2, -0.15) is 0 Å². The third-order valence-electron chi connectivity index (χ3n) is 9.40. The molecule has 5 atom stereocenters. The zero-order valence-electron chi connectivity index (χ0n) is 23.4. The first kappa shape index (κ1) is 27.7. The minimum atomic E-state index is -0.823. The van der Waals surface area contributed by atoms with E-state index in [9.17, 15) is 19.2 Å². The highest BCUT2D eigenvalue weighted by atomic mass is 16.5. The number of carbonyl (C=O) groups excluding carboxylic acids is 4. The second kappa shape index (κ2) is 12.1. The number of hydrogen-bond donors (Lipinski definition) is 0. The minimum absolute atomic E-state index is 0.0320. The maximum Gasteiger partial charge on any atom is 0.329 e. The van der Waals surface area contributed by atoms with Crippen molar-refractivity contribution < 1.29 is 23.9 Å². The summed E-state index contributed by atoms with van der Waals surface area (Å²) < 4.78 is 5.72. The van der Waals surface area contributed by atoms with Crippen molar-refractivity contribution in [2.75, 3.05) is 0 Å². The average Bonchev–Trinajstić information content (AvgIpc) is 3.47. The second-order valence-corrected chi connectivity index (χ2v) is 11.9. The Morgan fingerprint density at radius 1 is 0.974 bits per heavy atom. The number of ether oxygens (including phenoxy) is 1. The van der Waals surface area contributed by atoms with Gasteiger partial charge in [-0.1, -0.05) is 75.8 Å². The molecular formula is C31H43N3O5. The molecule has 0 bridgehead atoms. The molecule has 4 amide bonds. The van der Waals surface area contributed by atoms with Crippen LogP contribution in [0.15, 0.2) is 30.3 Å². The van der Waals surface area contributed by atoms with Gasteiger partial charge < -0.3 is 14.5 Å². The molecule has 8 nitrogen and oxygen atoms in total. The fourth-order valence-corrected chi connectivity index (χ4v) is 7.43. The summed E-state index contributed by atoms with van der Waals surface area (Å²) in [7, 11) is 0. The van der Waals surface area contributed by atoms with E-state index in [2.05, 4.69) is 0 Å². The van der Waals surface area contributed by atoms with Crippen LogP contribution >= 0.6 is 0 Å². The third-order valence-corrected chi connectivity index (χ3v) is 9.40. The minimum Gasteiger partial charge on any atom is -0.459 e. The molecular weight excluding hydrogens is 494 g/mol. The molecule has 2 aliphatic heterocycles. The predicted molar refractivity (Wildman–Crippen MR) is 146 cm³/mol. The van der Waals surface area contributed by atoms with Crippen molar-refractivity contribution in [1.82, 2.24) is 14.7 Å². The van der Waals surface area contributed by atoms with Crippen molar-refractivity contribution >= 4 is 23.8 Å². The lowest BCUT2D eigenvalue weighted by molar-refractivity contribution is -0.157. The van der Waals surface area contributed by atoms with Crippen molar-refractivity contribution in [3.63, 3.8) is 0 Å². The summed E-state index contributed by atoms with van der Waals surface area (Å²) in [5.74, 6) is -0.528. The first-order chi connectivity index (χ1) is 18.9. The largest absolute Gasteiger partial charge is 0.459 e. The summed E-state index contributed by atoms with van der Waals surface area (Å²) >= 11 is 0.